The van der Waals surface area contributed by atoms with Gasteiger partial charge >= 0.3 is 5.97 Å². The Labute approximate surface area is 148 Å². The number of aryl methyl sites for hydroxylation is 1. The molecule has 2 N–H and O–H groups in total. The van der Waals surface area contributed by atoms with E-state index in [0.29, 0.717) is 13.1 Å². The normalized spacial score (nSPS) is 29.1. The summed E-state index contributed by atoms with van der Waals surface area (Å²) in [7, 11) is 0. The second-order valence-corrected chi connectivity index (χ2v) is 7.59. The summed E-state index contributed by atoms with van der Waals surface area (Å²) >= 11 is 0. The first-order valence-corrected chi connectivity index (χ1v) is 9.44. The van der Waals surface area contributed by atoms with Gasteiger partial charge in [-0.05, 0) is 25.7 Å². The minimum atomic E-state index is -0.689. The molecule has 3 fully saturated rings. The Morgan fingerprint density at radius 2 is 2.12 bits per heavy atom. The van der Waals surface area contributed by atoms with Crippen LogP contribution in [-0.4, -0.2) is 60.3 Å². The van der Waals surface area contributed by atoms with Gasteiger partial charge in [0.05, 0.1) is 0 Å². The molecule has 0 saturated carbocycles. The number of piperidine rings is 1. The third-order valence-electron chi connectivity index (χ3n) is 6.03. The van der Waals surface area contributed by atoms with Crippen molar-refractivity contribution in [3.05, 3.63) is 11.8 Å². The van der Waals surface area contributed by atoms with Gasteiger partial charge in [0, 0.05) is 56.9 Å². The Hall–Kier alpha value is -1.89. The molecule has 3 aliphatic rings. The maximum absolute atomic E-state index is 11.9. The predicted molar refractivity (Wildman–Crippen MR) is 96.1 cm³/mol. The molecule has 1 aromatic rings. The van der Waals surface area contributed by atoms with Crippen molar-refractivity contribution in [3.63, 3.8) is 0 Å². The lowest BCUT2D eigenvalue weighted by Crippen LogP contribution is -2.40. The summed E-state index contributed by atoms with van der Waals surface area (Å²) in [4.78, 5) is 25.9. The monoisotopic (exact) mass is 345 g/mol. The zero-order valence-electron chi connectivity index (χ0n) is 14.9. The molecule has 3 aliphatic heterocycles. The van der Waals surface area contributed by atoms with Gasteiger partial charge in [0.2, 0.25) is 5.95 Å². The second kappa shape index (κ2) is 6.44. The van der Waals surface area contributed by atoms with Crippen LogP contribution in [0.15, 0.2) is 6.07 Å². The van der Waals surface area contributed by atoms with E-state index in [-0.39, 0.29) is 5.92 Å². The molecule has 0 bridgehead atoms. The van der Waals surface area contributed by atoms with E-state index in [0.717, 1.165) is 50.1 Å². The van der Waals surface area contributed by atoms with Crippen LogP contribution in [0.4, 0.5) is 11.8 Å². The van der Waals surface area contributed by atoms with Crippen molar-refractivity contribution in [1.29, 1.82) is 0 Å². The fraction of sp³-hybridized carbons (Fsp3) is 0.722. The van der Waals surface area contributed by atoms with Gasteiger partial charge in [0.1, 0.15) is 11.2 Å². The van der Waals surface area contributed by atoms with E-state index < -0.39 is 11.4 Å². The number of rotatable bonds is 4. The molecule has 3 saturated heterocycles. The van der Waals surface area contributed by atoms with Gasteiger partial charge < -0.3 is 20.2 Å². The number of carboxylic acid groups (broad SMARTS) is 1. The summed E-state index contributed by atoms with van der Waals surface area (Å²) in [6.45, 7) is 6.73. The lowest BCUT2D eigenvalue weighted by molar-refractivity contribution is -0.148. The van der Waals surface area contributed by atoms with Gasteiger partial charge in [-0.1, -0.05) is 6.92 Å². The number of aliphatic carboxylic acids is 1. The van der Waals surface area contributed by atoms with E-state index in [9.17, 15) is 9.90 Å². The summed E-state index contributed by atoms with van der Waals surface area (Å²) in [5.41, 5.74) is 0.355. The van der Waals surface area contributed by atoms with Crippen molar-refractivity contribution in [2.24, 2.45) is 11.3 Å². The van der Waals surface area contributed by atoms with Crippen molar-refractivity contribution in [3.8, 4) is 0 Å². The van der Waals surface area contributed by atoms with Crippen LogP contribution in [-0.2, 0) is 11.2 Å². The average Bonchev–Trinajstić information content (AvgIpc) is 3.20. The molecule has 136 valence electrons. The lowest BCUT2D eigenvalue weighted by Gasteiger charge is -2.29. The fourth-order valence-corrected chi connectivity index (χ4v) is 4.44. The van der Waals surface area contributed by atoms with Gasteiger partial charge in [-0.25, -0.2) is 4.98 Å². The van der Waals surface area contributed by atoms with Crippen LogP contribution in [0.2, 0.25) is 0 Å². The molecule has 4 heterocycles. The number of hydrogen-bond acceptors (Lipinski definition) is 6. The van der Waals surface area contributed by atoms with Gasteiger partial charge in [-0.15, -0.1) is 0 Å². The maximum atomic E-state index is 11.9. The zero-order chi connectivity index (χ0) is 17.4. The highest BCUT2D eigenvalue weighted by molar-refractivity contribution is 5.78. The number of carboxylic acids is 1. The number of aromatic nitrogens is 2. The third-order valence-corrected chi connectivity index (χ3v) is 6.03. The van der Waals surface area contributed by atoms with Crippen molar-refractivity contribution in [1.82, 2.24) is 15.3 Å². The molecule has 0 spiro atoms. The molecule has 4 rings (SSSR count). The number of hydrogen-bond donors (Lipinski definition) is 2. The number of nitrogens with zero attached hydrogens (tertiary/aromatic N) is 4. The van der Waals surface area contributed by atoms with Gasteiger partial charge in [0.25, 0.3) is 0 Å². The number of fused-ring (bicyclic) bond motifs is 1. The number of carbonyl (C=O) groups is 1. The lowest BCUT2D eigenvalue weighted by atomic mass is 9.81. The largest absolute Gasteiger partial charge is 0.481 e. The highest BCUT2D eigenvalue weighted by Gasteiger charge is 2.55. The Bertz CT molecular complexity index is 661. The molecular formula is C18H27N5O2. The van der Waals surface area contributed by atoms with Gasteiger partial charge in [-0.3, -0.25) is 4.79 Å². The molecule has 1 aromatic heterocycles. The number of nitrogens with one attached hydrogen (secondary N) is 1. The summed E-state index contributed by atoms with van der Waals surface area (Å²) in [6, 6.07) is 2.04. The smallest absolute Gasteiger partial charge is 0.313 e. The minimum Gasteiger partial charge on any atom is -0.481 e. The average molecular weight is 345 g/mol. The van der Waals surface area contributed by atoms with Gasteiger partial charge in [0.15, 0.2) is 0 Å². The van der Waals surface area contributed by atoms with Crippen molar-refractivity contribution in [2.75, 3.05) is 49.1 Å². The van der Waals surface area contributed by atoms with Gasteiger partial charge in [-0.2, -0.15) is 4.98 Å². The minimum absolute atomic E-state index is 0.142. The van der Waals surface area contributed by atoms with E-state index in [1.54, 1.807) is 0 Å². The molecule has 0 aromatic carbocycles. The van der Waals surface area contributed by atoms with Crippen molar-refractivity contribution in [2.45, 2.75) is 32.6 Å². The summed E-state index contributed by atoms with van der Waals surface area (Å²) in [6.07, 6.45) is 4.52. The first kappa shape index (κ1) is 16.6. The summed E-state index contributed by atoms with van der Waals surface area (Å²) in [5.74, 6) is 1.16. The summed E-state index contributed by atoms with van der Waals surface area (Å²) in [5, 5.41) is 13.0. The van der Waals surface area contributed by atoms with Crippen LogP contribution >= 0.6 is 0 Å². The zero-order valence-corrected chi connectivity index (χ0v) is 14.9. The quantitative estimate of drug-likeness (QED) is 0.847. The molecule has 2 atom stereocenters. The predicted octanol–water partition coefficient (Wildman–Crippen LogP) is 1.14. The van der Waals surface area contributed by atoms with E-state index >= 15 is 0 Å². The van der Waals surface area contributed by atoms with E-state index in [2.05, 4.69) is 22.0 Å². The number of anilines is 2. The molecule has 7 nitrogen and oxygen atoms in total. The van der Waals surface area contributed by atoms with Crippen LogP contribution < -0.4 is 15.1 Å². The molecule has 25 heavy (non-hydrogen) atoms. The van der Waals surface area contributed by atoms with Crippen LogP contribution in [0, 0.1) is 11.3 Å². The summed E-state index contributed by atoms with van der Waals surface area (Å²) < 4.78 is 0. The van der Waals surface area contributed by atoms with Crippen LogP contribution in [0.1, 0.15) is 31.9 Å². The fourth-order valence-electron chi connectivity index (χ4n) is 4.44. The highest BCUT2D eigenvalue weighted by atomic mass is 16.4. The third kappa shape index (κ3) is 2.84. The molecule has 0 aliphatic carbocycles. The first-order chi connectivity index (χ1) is 12.1. The topological polar surface area (TPSA) is 81.6 Å². The SMILES string of the molecule is CCc1cc(N2C[C@H]3CNC[C@@]3(C(=O)O)C2)nc(N2CCCCC2)n1. The Morgan fingerprint density at radius 1 is 1.32 bits per heavy atom. The first-order valence-electron chi connectivity index (χ1n) is 9.44. The van der Waals surface area contributed by atoms with E-state index in [1.807, 2.05) is 6.07 Å². The molecule has 7 heteroatoms. The maximum Gasteiger partial charge on any atom is 0.313 e. The van der Waals surface area contributed by atoms with Crippen molar-refractivity contribution < 1.29 is 9.90 Å². The molecule has 0 amide bonds. The molecule has 0 radical (unpaired) electrons. The van der Waals surface area contributed by atoms with Crippen LogP contribution in [0.3, 0.4) is 0 Å². The van der Waals surface area contributed by atoms with Crippen LogP contribution in [0.5, 0.6) is 0 Å². The van der Waals surface area contributed by atoms with Crippen molar-refractivity contribution >= 4 is 17.7 Å². The Morgan fingerprint density at radius 3 is 2.80 bits per heavy atom. The molecular weight excluding hydrogens is 318 g/mol. The standard InChI is InChI=1S/C18H27N5O2/c1-2-14-8-15(21-17(20-14)22-6-4-3-5-7-22)23-10-13-9-19-11-18(13,12-23)16(24)25/h8,13,19H,2-7,9-12H2,1H3,(H,24,25)/t13-,18-/m1/s1. The Kier molecular flexibility index (Phi) is 4.27. The van der Waals surface area contributed by atoms with E-state index in [1.165, 1.54) is 19.3 Å². The molecule has 0 unspecified atom stereocenters. The Balaban J connectivity index is 1.63. The van der Waals surface area contributed by atoms with Crippen LogP contribution in [0.25, 0.3) is 0 Å². The van der Waals surface area contributed by atoms with E-state index in [4.69, 9.17) is 9.97 Å². The highest BCUT2D eigenvalue weighted by Crippen LogP contribution is 2.41. The second-order valence-electron chi connectivity index (χ2n) is 7.59.